The summed E-state index contributed by atoms with van der Waals surface area (Å²) in [6.45, 7) is 6.12. The average Bonchev–Trinajstić information content (AvgIpc) is 2.45. The van der Waals surface area contributed by atoms with Crippen LogP contribution in [0.4, 0.5) is 27.6 Å². The van der Waals surface area contributed by atoms with E-state index in [-0.39, 0.29) is 4.31 Å². The third-order valence-corrected chi connectivity index (χ3v) is 3.88. The summed E-state index contributed by atoms with van der Waals surface area (Å²) in [6, 6.07) is 0. The first-order valence-corrected chi connectivity index (χ1v) is 7.80. The first kappa shape index (κ1) is 21.3. The minimum absolute atomic E-state index is 0.253. The van der Waals surface area contributed by atoms with Gasteiger partial charge in [-0.15, -0.1) is 0 Å². The van der Waals surface area contributed by atoms with Crippen molar-refractivity contribution < 1.29 is 40.2 Å². The number of anilines is 1. The van der Waals surface area contributed by atoms with Gasteiger partial charge in [-0.3, -0.25) is 8.51 Å². The molecule has 0 radical (unpaired) electrons. The van der Waals surface area contributed by atoms with Crippen LogP contribution in [0.2, 0.25) is 0 Å². The summed E-state index contributed by atoms with van der Waals surface area (Å²) in [5.41, 5.74) is -5.18. The van der Waals surface area contributed by atoms with E-state index in [0.717, 1.165) is 13.8 Å². The molecule has 0 aliphatic heterocycles. The summed E-state index contributed by atoms with van der Waals surface area (Å²) in [6.07, 6.45) is 0. The Balaban J connectivity index is 3.64. The zero-order valence-electron chi connectivity index (χ0n) is 13.9. The first-order valence-electron chi connectivity index (χ1n) is 6.77. The molecule has 0 spiro atoms. The smallest absolute Gasteiger partial charge is 0.332 e. The third kappa shape index (κ3) is 4.09. The maximum Gasteiger partial charge on any atom is 0.332 e. The van der Waals surface area contributed by atoms with E-state index in [2.05, 4.69) is 0 Å². The van der Waals surface area contributed by atoms with Crippen LogP contribution in [-0.2, 0) is 20.8 Å². The lowest BCUT2D eigenvalue weighted by Crippen LogP contribution is -2.54. The molecule has 1 rings (SSSR count). The summed E-state index contributed by atoms with van der Waals surface area (Å²) >= 11 is -3.57. The molecule has 0 N–H and O–H groups in total. The van der Waals surface area contributed by atoms with Crippen molar-refractivity contribution in [3.05, 3.63) is 29.1 Å². The highest BCUT2D eigenvalue weighted by molar-refractivity contribution is 7.80. The Morgan fingerprint density at radius 3 is 1.60 bits per heavy atom. The van der Waals surface area contributed by atoms with Gasteiger partial charge in [0, 0.05) is 11.3 Å². The first-order chi connectivity index (χ1) is 11.1. The normalized spacial score (nSPS) is 13.6. The highest BCUT2D eigenvalue weighted by atomic mass is 32.2. The lowest BCUT2D eigenvalue weighted by Gasteiger charge is -2.40. The molecule has 25 heavy (non-hydrogen) atoms. The Labute approximate surface area is 143 Å². The zero-order chi connectivity index (χ0) is 19.9. The maximum absolute atomic E-state index is 14.0. The third-order valence-electron chi connectivity index (χ3n) is 2.94. The molecule has 1 unspecified atom stereocenters. The summed E-state index contributed by atoms with van der Waals surface area (Å²) in [7, 11) is 0. The van der Waals surface area contributed by atoms with Crippen molar-refractivity contribution in [2.75, 3.05) is 4.31 Å². The molecule has 0 saturated carbocycles. The van der Waals surface area contributed by atoms with Gasteiger partial charge in [-0.25, -0.2) is 26.7 Å². The zero-order valence-corrected chi connectivity index (χ0v) is 14.7. The van der Waals surface area contributed by atoms with Gasteiger partial charge < -0.3 is 9.29 Å². The van der Waals surface area contributed by atoms with E-state index in [9.17, 15) is 35.5 Å². The predicted molar refractivity (Wildman–Crippen MR) is 77.6 cm³/mol. The molecule has 0 aliphatic carbocycles. The van der Waals surface area contributed by atoms with Crippen LogP contribution in [0.5, 0.6) is 0 Å². The molecule has 0 aliphatic rings. The van der Waals surface area contributed by atoms with Gasteiger partial charge in [0.05, 0.1) is 0 Å². The van der Waals surface area contributed by atoms with Gasteiger partial charge in [0.1, 0.15) is 16.8 Å². The van der Waals surface area contributed by atoms with Crippen LogP contribution in [-0.4, -0.2) is 25.9 Å². The molecule has 0 amide bonds. The average molecular weight is 388 g/mol. The standard InChI is InChI=1S/C14H16F5NO4S/c1-13(2,3)24-12(21)14(4,5)20(25(22)23)11-9(18)7(16)6(15)8(17)10(11)19/h1-5H3,(H,22,23)/p-1. The number of esters is 1. The molecule has 0 aromatic heterocycles. The molecule has 5 nitrogen and oxygen atoms in total. The van der Waals surface area contributed by atoms with E-state index in [1.54, 1.807) is 0 Å². The molecule has 0 fully saturated rings. The number of rotatable bonds is 4. The Bertz CT molecular complexity index is 704. The van der Waals surface area contributed by atoms with Crippen LogP contribution in [0.15, 0.2) is 0 Å². The van der Waals surface area contributed by atoms with Crippen LogP contribution < -0.4 is 4.31 Å². The number of nitrogens with zero attached hydrogens (tertiary/aromatic N) is 1. The molecule has 142 valence electrons. The van der Waals surface area contributed by atoms with Crippen LogP contribution in [0.1, 0.15) is 34.6 Å². The minimum Gasteiger partial charge on any atom is -0.755 e. The monoisotopic (exact) mass is 388 g/mol. The topological polar surface area (TPSA) is 69.7 Å². The van der Waals surface area contributed by atoms with E-state index >= 15 is 0 Å². The minimum atomic E-state index is -3.57. The number of carbonyl (C=O) groups is 1. The molecular formula is C14H15F5NO4S-. The number of halogens is 5. The predicted octanol–water partition coefficient (Wildman–Crippen LogP) is 3.10. The molecule has 0 saturated heterocycles. The van der Waals surface area contributed by atoms with E-state index in [1.165, 1.54) is 20.8 Å². The van der Waals surface area contributed by atoms with Gasteiger partial charge in [-0.2, -0.15) is 0 Å². The number of benzene rings is 1. The molecule has 1 aromatic carbocycles. The van der Waals surface area contributed by atoms with E-state index < -0.39 is 63.1 Å². The van der Waals surface area contributed by atoms with Crippen LogP contribution in [0.3, 0.4) is 0 Å². The number of ether oxygens (including phenoxy) is 1. The summed E-state index contributed by atoms with van der Waals surface area (Å²) < 4.78 is 95.5. The second-order valence-corrected chi connectivity index (χ2v) is 7.29. The lowest BCUT2D eigenvalue weighted by molar-refractivity contribution is -0.159. The van der Waals surface area contributed by atoms with Crippen molar-refractivity contribution in [3.63, 3.8) is 0 Å². The largest absolute Gasteiger partial charge is 0.755 e. The van der Waals surface area contributed by atoms with Crippen LogP contribution >= 0.6 is 0 Å². The van der Waals surface area contributed by atoms with Crippen LogP contribution in [0.25, 0.3) is 0 Å². The van der Waals surface area contributed by atoms with Gasteiger partial charge in [0.25, 0.3) is 0 Å². The van der Waals surface area contributed by atoms with Gasteiger partial charge in [0.2, 0.25) is 5.82 Å². The Kier molecular flexibility index (Phi) is 5.85. The quantitative estimate of drug-likeness (QED) is 0.261. The number of carbonyl (C=O) groups excluding carboxylic acids is 1. The molecule has 0 heterocycles. The van der Waals surface area contributed by atoms with Crippen molar-refractivity contribution >= 4 is 22.9 Å². The molecule has 11 heteroatoms. The SMILES string of the molecule is CC(C)(C)OC(=O)C(C)(C)N(c1c(F)c(F)c(F)c(F)c1F)S(=O)[O-]. The van der Waals surface area contributed by atoms with Crippen molar-refractivity contribution in [2.45, 2.75) is 45.8 Å². The fourth-order valence-corrected chi connectivity index (χ4v) is 2.55. The fraction of sp³-hybridized carbons (Fsp3) is 0.500. The lowest BCUT2D eigenvalue weighted by atomic mass is 10.0. The summed E-state index contributed by atoms with van der Waals surface area (Å²) in [4.78, 5) is 12.2. The van der Waals surface area contributed by atoms with Gasteiger partial charge in [-0.1, -0.05) is 0 Å². The summed E-state index contributed by atoms with van der Waals surface area (Å²) in [5.74, 6) is -13.2. The van der Waals surface area contributed by atoms with E-state index in [4.69, 9.17) is 4.74 Å². The van der Waals surface area contributed by atoms with Gasteiger partial charge in [-0.05, 0) is 34.6 Å². The summed E-state index contributed by atoms with van der Waals surface area (Å²) in [5, 5.41) is 0. The Morgan fingerprint density at radius 2 is 1.28 bits per heavy atom. The van der Waals surface area contributed by atoms with E-state index in [0.29, 0.717) is 0 Å². The molecule has 1 atom stereocenters. The van der Waals surface area contributed by atoms with Gasteiger partial charge >= 0.3 is 5.97 Å². The van der Waals surface area contributed by atoms with Crippen molar-refractivity contribution in [1.29, 1.82) is 0 Å². The number of hydrogen-bond acceptors (Lipinski definition) is 4. The second kappa shape index (κ2) is 6.87. The van der Waals surface area contributed by atoms with E-state index in [1.807, 2.05) is 0 Å². The second-order valence-electron chi connectivity index (χ2n) is 6.49. The van der Waals surface area contributed by atoms with Crippen molar-refractivity contribution in [3.8, 4) is 0 Å². The highest BCUT2D eigenvalue weighted by Crippen LogP contribution is 2.36. The molecule has 1 aromatic rings. The molecular weight excluding hydrogens is 373 g/mol. The Morgan fingerprint density at radius 1 is 0.920 bits per heavy atom. The maximum atomic E-state index is 14.0. The Hall–Kier alpha value is -1.75. The number of hydrogen-bond donors (Lipinski definition) is 0. The van der Waals surface area contributed by atoms with Crippen LogP contribution in [0, 0.1) is 29.1 Å². The molecule has 0 bridgehead atoms. The van der Waals surface area contributed by atoms with Crippen molar-refractivity contribution in [2.24, 2.45) is 0 Å². The van der Waals surface area contributed by atoms with Crippen molar-refractivity contribution in [1.82, 2.24) is 0 Å². The highest BCUT2D eigenvalue weighted by Gasteiger charge is 2.43. The fourth-order valence-electron chi connectivity index (χ4n) is 1.80. The van der Waals surface area contributed by atoms with Gasteiger partial charge in [0.15, 0.2) is 23.3 Å².